The van der Waals surface area contributed by atoms with E-state index >= 15 is 0 Å². The molecule has 0 saturated carbocycles. The largest absolute Gasteiger partial charge is 0.317 e. The zero-order chi connectivity index (χ0) is 37.4. The molecule has 0 bridgehead atoms. The Bertz CT molecular complexity index is 3000. The van der Waals surface area contributed by atoms with Crippen molar-refractivity contribution in [2.45, 2.75) is 23.0 Å². The summed E-state index contributed by atoms with van der Waals surface area (Å²) in [7, 11) is 0. The summed E-state index contributed by atoms with van der Waals surface area (Å²) in [6.45, 7) is 7.05. The average Bonchev–Trinajstić information content (AvgIpc) is 3.71. The Balaban J connectivity index is 1.07. The fourth-order valence-corrected chi connectivity index (χ4v) is 10.4. The summed E-state index contributed by atoms with van der Waals surface area (Å²) in [6.07, 6.45) is 10.2. The van der Waals surface area contributed by atoms with Gasteiger partial charge in [0.05, 0.1) is 11.2 Å². The van der Waals surface area contributed by atoms with Gasteiger partial charge in [0.15, 0.2) is 0 Å². The lowest BCUT2D eigenvalue weighted by molar-refractivity contribution is 0.765. The summed E-state index contributed by atoms with van der Waals surface area (Å²) in [5.74, 6) is 0. The van der Waals surface area contributed by atoms with Gasteiger partial charge < -0.3 is 9.47 Å². The van der Waals surface area contributed by atoms with E-state index < -0.39 is 0 Å². The van der Waals surface area contributed by atoms with Gasteiger partial charge in [0.25, 0.3) is 0 Å². The van der Waals surface area contributed by atoms with Crippen LogP contribution in [0.1, 0.15) is 34.9 Å². The maximum absolute atomic E-state index is 4.63. The highest BCUT2D eigenvalue weighted by Gasteiger charge is 2.43. The molecule has 0 spiro atoms. The third-order valence-corrected chi connectivity index (χ3v) is 13.2. The fraction of sp³-hybridized carbons (Fsp3) is 0.0566. The smallest absolute Gasteiger partial charge is 0.0538 e. The molecule has 1 unspecified atom stereocenters. The number of para-hydroxylation sites is 1. The molecule has 0 amide bonds. The second-order valence-corrected chi connectivity index (χ2v) is 16.8. The number of hydrogen-bond acceptors (Lipinski definition) is 2. The number of allylic oxidation sites excluding steroid dienone is 4. The lowest BCUT2D eigenvalue weighted by Gasteiger charge is -2.30. The van der Waals surface area contributed by atoms with Crippen molar-refractivity contribution in [2.75, 3.05) is 4.90 Å². The predicted octanol–water partition coefficient (Wildman–Crippen LogP) is 14.2. The molecule has 0 radical (unpaired) electrons. The van der Waals surface area contributed by atoms with Crippen LogP contribution in [0.15, 0.2) is 194 Å². The van der Waals surface area contributed by atoms with Gasteiger partial charge in [-0.05, 0) is 123 Å². The lowest BCUT2D eigenvalue weighted by Crippen LogP contribution is -2.26. The SMILES string of the molecule is C=C1/C=C(c2ccc3c(c2)c2c(n3-c3ccc4ccccc4c3)CC3(C)Sc4ccccc4C3=C2)\C=C/N(c2ccc(-c3ccccc3)cc2)c2ccccc21. The first-order valence-electron chi connectivity index (χ1n) is 19.3. The highest BCUT2D eigenvalue weighted by molar-refractivity contribution is 8.01. The summed E-state index contributed by atoms with van der Waals surface area (Å²) in [4.78, 5) is 3.66. The topological polar surface area (TPSA) is 8.17 Å². The minimum Gasteiger partial charge on any atom is -0.317 e. The van der Waals surface area contributed by atoms with Crippen molar-refractivity contribution in [3.63, 3.8) is 0 Å². The quantitative estimate of drug-likeness (QED) is 0.178. The highest BCUT2D eigenvalue weighted by Crippen LogP contribution is 2.58. The molecular formula is C53H38N2S. The van der Waals surface area contributed by atoms with Crippen molar-refractivity contribution in [2.24, 2.45) is 0 Å². The molecule has 3 aliphatic rings. The van der Waals surface area contributed by atoms with E-state index in [0.29, 0.717) is 0 Å². The Morgan fingerprint density at radius 1 is 0.607 bits per heavy atom. The van der Waals surface area contributed by atoms with E-state index in [1.807, 2.05) is 11.8 Å². The number of hydrogen-bond donors (Lipinski definition) is 0. The van der Waals surface area contributed by atoms with E-state index in [1.54, 1.807) is 0 Å². The number of anilines is 2. The average molecular weight is 735 g/mol. The first-order chi connectivity index (χ1) is 27.5. The Kier molecular flexibility index (Phi) is 7.49. The second kappa shape index (κ2) is 12.8. The minimum atomic E-state index is -0.0405. The van der Waals surface area contributed by atoms with Gasteiger partial charge in [-0.2, -0.15) is 0 Å². The van der Waals surface area contributed by atoms with Crippen molar-refractivity contribution in [3.8, 4) is 16.8 Å². The Hall–Kier alpha value is -6.55. The van der Waals surface area contributed by atoms with Gasteiger partial charge in [0.2, 0.25) is 0 Å². The van der Waals surface area contributed by atoms with E-state index in [2.05, 4.69) is 211 Å². The van der Waals surface area contributed by atoms with Crippen LogP contribution >= 0.6 is 11.8 Å². The molecule has 0 N–H and O–H groups in total. The number of nitrogens with zero attached hydrogens (tertiary/aromatic N) is 2. The van der Waals surface area contributed by atoms with Crippen molar-refractivity contribution < 1.29 is 0 Å². The molecule has 3 heterocycles. The Morgan fingerprint density at radius 2 is 1.30 bits per heavy atom. The van der Waals surface area contributed by atoms with Gasteiger partial charge in [-0.25, -0.2) is 0 Å². The fourth-order valence-electron chi connectivity index (χ4n) is 9.03. The summed E-state index contributed by atoms with van der Waals surface area (Å²) < 4.78 is 2.49. The van der Waals surface area contributed by atoms with Gasteiger partial charge in [0, 0.05) is 55.8 Å². The standard InChI is InChI=1S/C53H38N2S/c1-35-30-41(28-29-54(49-18-10-8-16-44(35)49)42-24-20-38(21-25-42)36-12-4-3-5-13-36)40-23-27-50-46(32-40)47-33-48-45-17-9-11-19-52(45)56-53(48,2)34-51(47)55(50)43-26-22-37-14-6-7-15-39(37)31-43/h3-33H,1,34H2,2H3/b29-28-,41-30+. The molecule has 1 aliphatic carbocycles. The Morgan fingerprint density at radius 3 is 2.16 bits per heavy atom. The molecule has 1 atom stereocenters. The van der Waals surface area contributed by atoms with Gasteiger partial charge in [-0.1, -0.05) is 122 Å². The van der Waals surface area contributed by atoms with Crippen molar-refractivity contribution in [1.82, 2.24) is 4.57 Å². The van der Waals surface area contributed by atoms with Gasteiger partial charge >= 0.3 is 0 Å². The maximum atomic E-state index is 4.63. The van der Waals surface area contributed by atoms with Crippen LogP contribution in [0.2, 0.25) is 0 Å². The normalized spacial score (nSPS) is 18.6. The van der Waals surface area contributed by atoms with E-state index in [4.69, 9.17) is 0 Å². The van der Waals surface area contributed by atoms with Crippen molar-refractivity contribution in [3.05, 3.63) is 217 Å². The molecule has 11 rings (SSSR count). The van der Waals surface area contributed by atoms with Gasteiger partial charge in [-0.3, -0.25) is 0 Å². The summed E-state index contributed by atoms with van der Waals surface area (Å²) >= 11 is 2.01. The van der Waals surface area contributed by atoms with Crippen LogP contribution in [-0.2, 0) is 6.42 Å². The molecule has 3 heteroatoms. The third-order valence-electron chi connectivity index (χ3n) is 11.8. The van der Waals surface area contributed by atoms with Gasteiger partial charge in [-0.15, -0.1) is 11.8 Å². The molecule has 266 valence electrons. The second-order valence-electron chi connectivity index (χ2n) is 15.3. The van der Waals surface area contributed by atoms with Crippen LogP contribution < -0.4 is 4.90 Å². The van der Waals surface area contributed by atoms with E-state index in [-0.39, 0.29) is 4.75 Å². The summed E-state index contributed by atoms with van der Waals surface area (Å²) in [5.41, 5.74) is 16.9. The van der Waals surface area contributed by atoms with Crippen molar-refractivity contribution in [1.29, 1.82) is 0 Å². The zero-order valence-electron chi connectivity index (χ0n) is 31.1. The maximum Gasteiger partial charge on any atom is 0.0538 e. The first-order valence-corrected chi connectivity index (χ1v) is 20.1. The molecule has 2 aliphatic heterocycles. The highest BCUT2D eigenvalue weighted by atomic mass is 32.2. The van der Waals surface area contributed by atoms with E-state index in [9.17, 15) is 0 Å². The number of aromatic nitrogens is 1. The van der Waals surface area contributed by atoms with Crippen LogP contribution in [0.25, 0.3) is 61.3 Å². The first kappa shape index (κ1) is 32.8. The van der Waals surface area contributed by atoms with Crippen LogP contribution in [-0.4, -0.2) is 9.31 Å². The predicted molar refractivity (Wildman–Crippen MR) is 240 cm³/mol. The van der Waals surface area contributed by atoms with Crippen LogP contribution in [0.3, 0.4) is 0 Å². The molecule has 8 aromatic rings. The minimum absolute atomic E-state index is 0.0405. The zero-order valence-corrected chi connectivity index (χ0v) is 31.9. The van der Waals surface area contributed by atoms with E-state index in [0.717, 1.165) is 34.5 Å². The third kappa shape index (κ3) is 5.26. The molecule has 0 saturated heterocycles. The number of benzene rings is 7. The van der Waals surface area contributed by atoms with Crippen LogP contribution in [0, 0.1) is 0 Å². The van der Waals surface area contributed by atoms with Crippen molar-refractivity contribution >= 4 is 67.6 Å². The number of rotatable bonds is 4. The summed E-state index contributed by atoms with van der Waals surface area (Å²) in [6, 6.07) is 59.5. The molecule has 1 aromatic heterocycles. The van der Waals surface area contributed by atoms with Crippen LogP contribution in [0.4, 0.5) is 11.4 Å². The molecular weight excluding hydrogens is 697 g/mol. The lowest BCUT2D eigenvalue weighted by atomic mass is 9.83. The van der Waals surface area contributed by atoms with E-state index in [1.165, 1.54) is 71.3 Å². The molecule has 2 nitrogen and oxygen atoms in total. The summed E-state index contributed by atoms with van der Waals surface area (Å²) in [5, 5.41) is 3.78. The molecule has 56 heavy (non-hydrogen) atoms. The number of fused-ring (bicyclic) bond motifs is 8. The molecule has 7 aromatic carbocycles. The number of thioether (sulfide) groups is 1. The van der Waals surface area contributed by atoms with Crippen LogP contribution in [0.5, 0.6) is 0 Å². The Labute approximate surface area is 332 Å². The molecule has 0 fully saturated rings. The monoisotopic (exact) mass is 734 g/mol. The van der Waals surface area contributed by atoms with Gasteiger partial charge in [0.1, 0.15) is 0 Å².